The van der Waals surface area contributed by atoms with E-state index in [1.54, 1.807) is 11.0 Å². The van der Waals surface area contributed by atoms with Gasteiger partial charge in [0.25, 0.3) is 0 Å². The molecule has 3 rings (SSSR count). The van der Waals surface area contributed by atoms with Crippen molar-refractivity contribution in [3.63, 3.8) is 0 Å². The molecule has 148 valence electrons. The lowest BCUT2D eigenvalue weighted by molar-refractivity contribution is -0.132. The molecule has 0 unspecified atom stereocenters. The molecule has 28 heavy (non-hydrogen) atoms. The molecule has 0 bridgehead atoms. The van der Waals surface area contributed by atoms with Gasteiger partial charge in [-0.15, -0.1) is 0 Å². The number of amides is 1. The largest absolute Gasteiger partial charge is 0.489 e. The number of hydrogen-bond donors (Lipinski definition) is 0. The molecule has 0 aliphatic carbocycles. The molecule has 0 saturated carbocycles. The fraction of sp³-hybridized carbons (Fsp3) is 0.318. The Kier molecular flexibility index (Phi) is 6.52. The van der Waals surface area contributed by atoms with E-state index in [1.165, 1.54) is 5.41 Å². The third-order valence-electron chi connectivity index (χ3n) is 4.72. The molecule has 2 aromatic carbocycles. The first-order chi connectivity index (χ1) is 13.4. The van der Waals surface area contributed by atoms with Crippen LogP contribution in [0.3, 0.4) is 0 Å². The van der Waals surface area contributed by atoms with Gasteiger partial charge in [-0.25, -0.2) is 8.42 Å². The summed E-state index contributed by atoms with van der Waals surface area (Å²) in [4.78, 5) is 14.3. The van der Waals surface area contributed by atoms with Crippen LogP contribution in [0.2, 0.25) is 0 Å². The summed E-state index contributed by atoms with van der Waals surface area (Å²) in [5.74, 6) is 0.561. The third kappa shape index (κ3) is 5.70. The minimum atomic E-state index is -3.13. The number of rotatable bonds is 8. The van der Waals surface area contributed by atoms with E-state index in [-0.39, 0.29) is 24.0 Å². The quantitative estimate of drug-likeness (QED) is 0.681. The molecule has 0 N–H and O–H groups in total. The second-order valence-corrected chi connectivity index (χ2v) is 8.88. The fourth-order valence-electron chi connectivity index (χ4n) is 3.15. The lowest BCUT2D eigenvalue weighted by Gasteiger charge is -2.22. The lowest BCUT2D eigenvalue weighted by atomic mass is 10.1. The van der Waals surface area contributed by atoms with E-state index in [0.717, 1.165) is 16.9 Å². The minimum Gasteiger partial charge on any atom is -0.489 e. The van der Waals surface area contributed by atoms with E-state index in [2.05, 4.69) is 0 Å². The second-order valence-electron chi connectivity index (χ2n) is 6.95. The number of carbonyl (C=O) groups is 1. The molecule has 2 aromatic rings. The third-order valence-corrected chi connectivity index (χ3v) is 6.19. The summed E-state index contributed by atoms with van der Waals surface area (Å²) in [5.41, 5.74) is 2.12. The summed E-state index contributed by atoms with van der Waals surface area (Å²) >= 11 is 0. The number of benzene rings is 2. The topological polar surface area (TPSA) is 63.7 Å². The lowest BCUT2D eigenvalue weighted by Crippen LogP contribution is -2.31. The second kappa shape index (κ2) is 9.06. The van der Waals surface area contributed by atoms with Crippen molar-refractivity contribution in [1.29, 1.82) is 0 Å². The Morgan fingerprint density at radius 1 is 1.07 bits per heavy atom. The van der Waals surface area contributed by atoms with Crippen LogP contribution >= 0.6 is 0 Å². The smallest absolute Gasteiger partial charge is 0.223 e. The predicted molar refractivity (Wildman–Crippen MR) is 109 cm³/mol. The summed E-state index contributed by atoms with van der Waals surface area (Å²) in [5, 5.41) is 1.22. The van der Waals surface area contributed by atoms with Crippen LogP contribution in [0.25, 0.3) is 0 Å². The Hall–Kier alpha value is -2.60. The van der Waals surface area contributed by atoms with E-state index >= 15 is 0 Å². The van der Waals surface area contributed by atoms with Crippen LogP contribution in [0, 0.1) is 5.92 Å². The van der Waals surface area contributed by atoms with Crippen LogP contribution in [0.1, 0.15) is 24.5 Å². The highest BCUT2D eigenvalue weighted by molar-refractivity contribution is 7.94. The van der Waals surface area contributed by atoms with Gasteiger partial charge in [-0.3, -0.25) is 4.79 Å². The van der Waals surface area contributed by atoms with Crippen molar-refractivity contribution in [3.05, 3.63) is 77.2 Å². The standard InChI is InChI=1S/C22H25NO4S/c1-2-23(22(24)14-20-12-13-28(25,26)17-20)15-18-8-10-21(11-9-18)27-16-19-6-4-3-5-7-19/h3-13,20H,2,14-17H2,1H3/t20-/m1/s1. The van der Waals surface area contributed by atoms with Crippen LogP contribution in [-0.4, -0.2) is 31.5 Å². The molecule has 1 amide bonds. The Labute approximate surface area is 166 Å². The molecule has 1 aliphatic rings. The Bertz CT molecular complexity index is 921. The van der Waals surface area contributed by atoms with E-state index in [1.807, 2.05) is 61.5 Å². The number of carbonyl (C=O) groups excluding carboxylic acids is 1. The van der Waals surface area contributed by atoms with Crippen molar-refractivity contribution in [1.82, 2.24) is 4.90 Å². The highest BCUT2D eigenvalue weighted by Gasteiger charge is 2.25. The van der Waals surface area contributed by atoms with Crippen LogP contribution in [0.5, 0.6) is 5.75 Å². The zero-order chi connectivity index (χ0) is 20.0. The zero-order valence-electron chi connectivity index (χ0n) is 16.0. The van der Waals surface area contributed by atoms with E-state index in [4.69, 9.17) is 4.74 Å². The van der Waals surface area contributed by atoms with Crippen LogP contribution in [0.4, 0.5) is 0 Å². The summed E-state index contributed by atoms with van der Waals surface area (Å²) in [6, 6.07) is 17.7. The highest BCUT2D eigenvalue weighted by Crippen LogP contribution is 2.20. The van der Waals surface area contributed by atoms with Gasteiger partial charge >= 0.3 is 0 Å². The molecule has 0 spiro atoms. The molecule has 6 heteroatoms. The van der Waals surface area contributed by atoms with Crippen LogP contribution in [0.15, 0.2) is 66.1 Å². The first-order valence-corrected chi connectivity index (χ1v) is 11.1. The fourth-order valence-corrected chi connectivity index (χ4v) is 4.55. The first-order valence-electron chi connectivity index (χ1n) is 9.39. The SMILES string of the molecule is CCN(Cc1ccc(OCc2ccccc2)cc1)C(=O)C[C@H]1C=CS(=O)(=O)C1. The predicted octanol–water partition coefficient (Wildman–Crippen LogP) is 3.56. The molecule has 1 atom stereocenters. The van der Waals surface area contributed by atoms with Crippen molar-refractivity contribution in [3.8, 4) is 5.75 Å². The summed E-state index contributed by atoms with van der Waals surface area (Å²) in [7, 11) is -3.13. The summed E-state index contributed by atoms with van der Waals surface area (Å²) in [6.07, 6.45) is 1.85. The molecule has 0 radical (unpaired) electrons. The minimum absolute atomic E-state index is 0.0290. The molecular formula is C22H25NO4S. The van der Waals surface area contributed by atoms with E-state index < -0.39 is 9.84 Å². The summed E-state index contributed by atoms with van der Waals surface area (Å²) < 4.78 is 28.8. The van der Waals surface area contributed by atoms with E-state index in [9.17, 15) is 13.2 Å². The van der Waals surface area contributed by atoms with Crippen molar-refractivity contribution in [2.45, 2.75) is 26.5 Å². The molecule has 0 fully saturated rings. The monoisotopic (exact) mass is 399 g/mol. The maximum Gasteiger partial charge on any atom is 0.223 e. The molecule has 1 heterocycles. The van der Waals surface area contributed by atoms with E-state index in [0.29, 0.717) is 19.7 Å². The molecule has 0 aromatic heterocycles. The summed E-state index contributed by atoms with van der Waals surface area (Å²) in [6.45, 7) is 3.51. The normalized spacial score (nSPS) is 17.4. The highest BCUT2D eigenvalue weighted by atomic mass is 32.2. The number of allylic oxidation sites excluding steroid dienone is 1. The molecule has 0 saturated heterocycles. The van der Waals surface area contributed by atoms with Gasteiger partial charge in [0.1, 0.15) is 12.4 Å². The first kappa shape index (κ1) is 20.1. The van der Waals surface area contributed by atoms with Crippen LogP contribution < -0.4 is 4.74 Å². The van der Waals surface area contributed by atoms with Gasteiger partial charge in [0.15, 0.2) is 9.84 Å². The number of hydrogen-bond acceptors (Lipinski definition) is 4. The molecular weight excluding hydrogens is 374 g/mol. The van der Waals surface area contributed by atoms with Crippen molar-refractivity contribution in [2.24, 2.45) is 5.92 Å². The van der Waals surface area contributed by atoms with Gasteiger partial charge in [0.05, 0.1) is 5.75 Å². The number of nitrogens with zero attached hydrogens (tertiary/aromatic N) is 1. The maximum atomic E-state index is 12.5. The number of sulfone groups is 1. The molecule has 1 aliphatic heterocycles. The Balaban J connectivity index is 1.52. The van der Waals surface area contributed by atoms with Gasteiger partial charge in [0, 0.05) is 30.8 Å². The maximum absolute atomic E-state index is 12.5. The van der Waals surface area contributed by atoms with Crippen molar-refractivity contribution in [2.75, 3.05) is 12.3 Å². The van der Waals surface area contributed by atoms with Gasteiger partial charge in [0.2, 0.25) is 5.91 Å². The number of ether oxygens (including phenoxy) is 1. The zero-order valence-corrected chi connectivity index (χ0v) is 16.8. The Morgan fingerprint density at radius 3 is 2.39 bits per heavy atom. The van der Waals surface area contributed by atoms with Crippen molar-refractivity contribution >= 4 is 15.7 Å². The van der Waals surface area contributed by atoms with Gasteiger partial charge in [-0.2, -0.15) is 0 Å². The Morgan fingerprint density at radius 2 is 1.79 bits per heavy atom. The van der Waals surface area contributed by atoms with Gasteiger partial charge < -0.3 is 9.64 Å². The van der Waals surface area contributed by atoms with Crippen molar-refractivity contribution < 1.29 is 17.9 Å². The van der Waals surface area contributed by atoms with Crippen LogP contribution in [-0.2, 0) is 27.8 Å². The average molecular weight is 400 g/mol. The van der Waals surface area contributed by atoms with Gasteiger partial charge in [-0.05, 0) is 30.2 Å². The average Bonchev–Trinajstić information content (AvgIpc) is 3.04. The molecule has 5 nitrogen and oxygen atoms in total. The van der Waals surface area contributed by atoms with Gasteiger partial charge in [-0.1, -0.05) is 48.5 Å².